The van der Waals surface area contributed by atoms with E-state index in [9.17, 15) is 13.2 Å². The van der Waals surface area contributed by atoms with Crippen molar-refractivity contribution in [2.45, 2.75) is 18.6 Å². The minimum absolute atomic E-state index is 0. The second-order valence-electron chi connectivity index (χ2n) is 2.05. The molecular weight excluding hydrogens is 154 g/mol. The van der Waals surface area contributed by atoms with Crippen LogP contribution in [0.1, 0.15) is 6.42 Å². The third-order valence-corrected chi connectivity index (χ3v) is 1.26. The molecule has 0 amide bonds. The van der Waals surface area contributed by atoms with Crippen LogP contribution >= 0.6 is 12.4 Å². The van der Waals surface area contributed by atoms with Crippen LogP contribution in [-0.4, -0.2) is 12.2 Å². The van der Waals surface area contributed by atoms with Gasteiger partial charge in [-0.1, -0.05) is 0 Å². The molecule has 0 spiro atoms. The molecule has 0 aromatic heterocycles. The Morgan fingerprint density at radius 3 is 1.67 bits per heavy atom. The number of nitrogens with two attached hydrogens (primary N) is 1. The Balaban J connectivity index is 0.000000640. The summed E-state index contributed by atoms with van der Waals surface area (Å²) in [5.74, 6) is -1.21. The highest BCUT2D eigenvalue weighted by atomic mass is 35.5. The van der Waals surface area contributed by atoms with Gasteiger partial charge >= 0.3 is 6.18 Å². The van der Waals surface area contributed by atoms with Gasteiger partial charge < -0.3 is 5.73 Å². The summed E-state index contributed by atoms with van der Waals surface area (Å²) in [5, 5.41) is 0. The van der Waals surface area contributed by atoms with E-state index >= 15 is 0 Å². The van der Waals surface area contributed by atoms with Crippen LogP contribution in [-0.2, 0) is 0 Å². The van der Waals surface area contributed by atoms with Gasteiger partial charge in [0.05, 0.1) is 5.92 Å². The highest BCUT2D eigenvalue weighted by Gasteiger charge is 2.53. The molecule has 0 aromatic rings. The molecular formula is C4H7ClF3N. The first kappa shape index (κ1) is 9.04. The van der Waals surface area contributed by atoms with Gasteiger partial charge in [0, 0.05) is 6.04 Å². The summed E-state index contributed by atoms with van der Waals surface area (Å²) in [4.78, 5) is 0. The van der Waals surface area contributed by atoms with Crippen LogP contribution in [0.5, 0.6) is 0 Å². The third-order valence-electron chi connectivity index (χ3n) is 1.26. The maximum absolute atomic E-state index is 11.4. The van der Waals surface area contributed by atoms with E-state index in [0.29, 0.717) is 0 Å². The Kier molecular flexibility index (Phi) is 2.35. The monoisotopic (exact) mass is 161 g/mol. The molecule has 2 N–H and O–H groups in total. The molecule has 9 heavy (non-hydrogen) atoms. The van der Waals surface area contributed by atoms with E-state index in [1.165, 1.54) is 0 Å². The predicted octanol–water partition coefficient (Wildman–Crippen LogP) is 1.32. The summed E-state index contributed by atoms with van der Waals surface area (Å²) in [6, 6.07) is -0.616. The lowest BCUT2D eigenvalue weighted by atomic mass is 10.4. The largest absolute Gasteiger partial charge is 0.393 e. The highest BCUT2D eigenvalue weighted by molar-refractivity contribution is 5.85. The number of hydrogen-bond donors (Lipinski definition) is 1. The molecule has 1 rings (SSSR count). The smallest absolute Gasteiger partial charge is 0.327 e. The summed E-state index contributed by atoms with van der Waals surface area (Å²) < 4.78 is 34.2. The van der Waals surface area contributed by atoms with Crippen LogP contribution < -0.4 is 5.73 Å². The van der Waals surface area contributed by atoms with Gasteiger partial charge in [-0.3, -0.25) is 0 Å². The number of rotatable bonds is 0. The van der Waals surface area contributed by atoms with Gasteiger partial charge in [0.15, 0.2) is 0 Å². The van der Waals surface area contributed by atoms with Crippen molar-refractivity contribution < 1.29 is 13.2 Å². The fourth-order valence-corrected chi connectivity index (χ4v) is 0.591. The fourth-order valence-electron chi connectivity index (χ4n) is 0.591. The van der Waals surface area contributed by atoms with Crippen molar-refractivity contribution in [3.8, 4) is 0 Å². The lowest BCUT2D eigenvalue weighted by Gasteiger charge is -2.00. The fraction of sp³-hybridized carbons (Fsp3) is 1.00. The van der Waals surface area contributed by atoms with Crippen LogP contribution in [0.4, 0.5) is 13.2 Å². The number of alkyl halides is 3. The molecule has 0 heterocycles. The number of halogens is 4. The zero-order chi connectivity index (χ0) is 6.36. The molecule has 0 aliphatic heterocycles. The molecule has 56 valence electrons. The Labute approximate surface area is 56.8 Å². The molecule has 0 saturated heterocycles. The van der Waals surface area contributed by atoms with Gasteiger partial charge in [-0.15, -0.1) is 12.4 Å². The van der Waals surface area contributed by atoms with Crippen LogP contribution in [0.25, 0.3) is 0 Å². The lowest BCUT2D eigenvalue weighted by molar-refractivity contribution is -0.148. The van der Waals surface area contributed by atoms with Gasteiger partial charge in [0.25, 0.3) is 0 Å². The van der Waals surface area contributed by atoms with E-state index in [1.54, 1.807) is 0 Å². The zero-order valence-electron chi connectivity index (χ0n) is 4.48. The van der Waals surface area contributed by atoms with Crippen LogP contribution in [0.2, 0.25) is 0 Å². The van der Waals surface area contributed by atoms with E-state index in [2.05, 4.69) is 0 Å². The predicted molar refractivity (Wildman–Crippen MR) is 29.4 cm³/mol. The average molecular weight is 162 g/mol. The van der Waals surface area contributed by atoms with E-state index < -0.39 is 18.1 Å². The summed E-state index contributed by atoms with van der Waals surface area (Å²) in [6.45, 7) is 0. The molecule has 1 aliphatic rings. The van der Waals surface area contributed by atoms with Gasteiger partial charge in [-0.2, -0.15) is 13.2 Å². The van der Waals surface area contributed by atoms with Crippen molar-refractivity contribution in [1.82, 2.24) is 0 Å². The van der Waals surface area contributed by atoms with Gasteiger partial charge in [0.2, 0.25) is 0 Å². The van der Waals surface area contributed by atoms with Crippen molar-refractivity contribution in [2.75, 3.05) is 0 Å². The molecule has 5 heteroatoms. The summed E-state index contributed by atoms with van der Waals surface area (Å²) >= 11 is 0. The summed E-state index contributed by atoms with van der Waals surface area (Å²) in [7, 11) is 0. The SMILES string of the molecule is Cl.N[C@@H]1C[C@@H]1C(F)(F)F. The standard InChI is InChI=1S/C4H6F3N.ClH/c5-4(6,7)2-1-3(2)8;/h2-3H,1,8H2;1H/t2-,3+;/m0./s1. The Morgan fingerprint density at radius 1 is 1.33 bits per heavy atom. The second kappa shape index (κ2) is 2.34. The van der Waals surface area contributed by atoms with Crippen molar-refractivity contribution in [3.63, 3.8) is 0 Å². The molecule has 1 aliphatic carbocycles. The highest BCUT2D eigenvalue weighted by Crippen LogP contribution is 2.42. The maximum atomic E-state index is 11.4. The Hall–Kier alpha value is 0.0400. The van der Waals surface area contributed by atoms with Crippen molar-refractivity contribution in [1.29, 1.82) is 0 Å². The van der Waals surface area contributed by atoms with E-state index in [0.717, 1.165) is 0 Å². The molecule has 1 fully saturated rings. The molecule has 0 radical (unpaired) electrons. The van der Waals surface area contributed by atoms with Crippen LogP contribution in [0.15, 0.2) is 0 Å². The second-order valence-corrected chi connectivity index (χ2v) is 2.05. The minimum Gasteiger partial charge on any atom is -0.327 e. The molecule has 0 unspecified atom stereocenters. The number of hydrogen-bond acceptors (Lipinski definition) is 1. The van der Waals surface area contributed by atoms with Crippen molar-refractivity contribution in [3.05, 3.63) is 0 Å². The molecule has 1 saturated carbocycles. The zero-order valence-corrected chi connectivity index (χ0v) is 5.30. The van der Waals surface area contributed by atoms with Gasteiger partial charge in [-0.05, 0) is 6.42 Å². The quantitative estimate of drug-likeness (QED) is 0.570. The normalized spacial score (nSPS) is 33.3. The lowest BCUT2D eigenvalue weighted by Crippen LogP contribution is -2.17. The summed E-state index contributed by atoms with van der Waals surface area (Å²) in [6.07, 6.45) is -3.93. The van der Waals surface area contributed by atoms with E-state index in [4.69, 9.17) is 5.73 Å². The van der Waals surface area contributed by atoms with E-state index in [1.807, 2.05) is 0 Å². The first-order valence-corrected chi connectivity index (χ1v) is 2.34. The first-order chi connectivity index (χ1) is 3.52. The maximum Gasteiger partial charge on any atom is 0.393 e. The minimum atomic E-state index is -4.04. The topological polar surface area (TPSA) is 26.0 Å². The van der Waals surface area contributed by atoms with Gasteiger partial charge in [-0.25, -0.2) is 0 Å². The van der Waals surface area contributed by atoms with Crippen molar-refractivity contribution in [2.24, 2.45) is 11.7 Å². The third kappa shape index (κ3) is 2.02. The average Bonchev–Trinajstić information content (AvgIpc) is 2.13. The Bertz CT molecular complexity index is 102. The van der Waals surface area contributed by atoms with Crippen LogP contribution in [0, 0.1) is 5.92 Å². The molecule has 2 atom stereocenters. The first-order valence-electron chi connectivity index (χ1n) is 2.34. The van der Waals surface area contributed by atoms with Crippen LogP contribution in [0.3, 0.4) is 0 Å². The molecule has 1 nitrogen and oxygen atoms in total. The summed E-state index contributed by atoms with van der Waals surface area (Å²) in [5.41, 5.74) is 4.93. The van der Waals surface area contributed by atoms with E-state index in [-0.39, 0.29) is 18.8 Å². The Morgan fingerprint density at radius 2 is 1.67 bits per heavy atom. The van der Waals surface area contributed by atoms with Gasteiger partial charge in [0.1, 0.15) is 0 Å². The van der Waals surface area contributed by atoms with Crippen molar-refractivity contribution >= 4 is 12.4 Å². The molecule has 0 bridgehead atoms. The molecule has 0 aromatic carbocycles.